The van der Waals surface area contributed by atoms with Gasteiger partial charge in [0.2, 0.25) is 0 Å². The number of rotatable bonds is 2. The lowest BCUT2D eigenvalue weighted by Crippen LogP contribution is -2.41. The molecule has 1 aromatic heterocycles. The molecule has 0 saturated heterocycles. The monoisotopic (exact) mass is 282 g/mol. The molecular formula is C17H18N2O2. The molecule has 3 aliphatic rings. The molecular weight excluding hydrogens is 264 g/mol. The fourth-order valence-electron chi connectivity index (χ4n) is 3.65. The third kappa shape index (κ3) is 1.66. The van der Waals surface area contributed by atoms with Gasteiger partial charge in [0.1, 0.15) is 0 Å². The van der Waals surface area contributed by atoms with E-state index in [4.69, 9.17) is 5.73 Å². The average molecular weight is 282 g/mol. The smallest absolute Gasteiger partial charge is 0.200 e. The molecule has 21 heavy (non-hydrogen) atoms. The molecule has 0 spiro atoms. The molecule has 2 bridgehead atoms. The second kappa shape index (κ2) is 4.15. The van der Waals surface area contributed by atoms with Gasteiger partial charge in [0, 0.05) is 17.0 Å². The Morgan fingerprint density at radius 2 is 1.95 bits per heavy atom. The highest BCUT2D eigenvalue weighted by Crippen LogP contribution is 2.54. The summed E-state index contributed by atoms with van der Waals surface area (Å²) in [6.07, 6.45) is 5.75. The van der Waals surface area contributed by atoms with E-state index in [1.54, 1.807) is 4.57 Å². The van der Waals surface area contributed by atoms with Crippen LogP contribution in [-0.2, 0) is 12.1 Å². The van der Waals surface area contributed by atoms with Crippen molar-refractivity contribution in [3.8, 4) is 11.8 Å². The van der Waals surface area contributed by atoms with Gasteiger partial charge in [0.15, 0.2) is 11.8 Å². The summed E-state index contributed by atoms with van der Waals surface area (Å²) in [5.41, 5.74) is 8.31. The van der Waals surface area contributed by atoms with Crippen molar-refractivity contribution in [2.75, 3.05) is 0 Å². The summed E-state index contributed by atoms with van der Waals surface area (Å²) < 4.78 is 1.56. The molecule has 4 nitrogen and oxygen atoms in total. The maximum Gasteiger partial charge on any atom is 0.200 e. The molecule has 5 rings (SSSR count). The Bertz CT molecular complexity index is 733. The van der Waals surface area contributed by atoms with Crippen LogP contribution in [0.5, 0.6) is 11.8 Å². The van der Waals surface area contributed by atoms with Crippen LogP contribution in [0.4, 0.5) is 0 Å². The molecule has 108 valence electrons. The normalized spacial score (nSPS) is 26.0. The molecule has 1 heterocycles. The number of hydrogen-bond donors (Lipinski definition) is 3. The minimum absolute atomic E-state index is 0.0999. The van der Waals surface area contributed by atoms with Crippen molar-refractivity contribution in [1.29, 1.82) is 0 Å². The van der Waals surface area contributed by atoms with Crippen LogP contribution in [0.15, 0.2) is 42.5 Å². The first kappa shape index (κ1) is 12.5. The third-order valence-electron chi connectivity index (χ3n) is 4.76. The van der Waals surface area contributed by atoms with E-state index in [-0.39, 0.29) is 17.7 Å². The quantitative estimate of drug-likeness (QED) is 0.741. The van der Waals surface area contributed by atoms with E-state index in [1.807, 2.05) is 36.4 Å². The minimum Gasteiger partial charge on any atom is -0.494 e. The molecule has 4 heteroatoms. The minimum atomic E-state index is -0.645. The summed E-state index contributed by atoms with van der Waals surface area (Å²) in [5.74, 6) is 0.409. The van der Waals surface area contributed by atoms with Gasteiger partial charge < -0.3 is 15.9 Å². The van der Waals surface area contributed by atoms with Gasteiger partial charge in [-0.3, -0.25) is 4.57 Å². The molecule has 0 fully saturated rings. The van der Waals surface area contributed by atoms with Crippen molar-refractivity contribution in [2.45, 2.75) is 30.8 Å². The van der Waals surface area contributed by atoms with Crippen LogP contribution in [0.3, 0.4) is 0 Å². The molecule has 0 saturated carbocycles. The Balaban J connectivity index is 1.85. The van der Waals surface area contributed by atoms with E-state index in [9.17, 15) is 10.2 Å². The second-order valence-electron chi connectivity index (χ2n) is 6.05. The number of hydrogen-bond acceptors (Lipinski definition) is 3. The zero-order chi connectivity index (χ0) is 14.6. The second-order valence-corrected chi connectivity index (χ2v) is 6.05. The van der Waals surface area contributed by atoms with E-state index in [0.717, 1.165) is 24.0 Å². The first-order valence-corrected chi connectivity index (χ1v) is 7.27. The number of allylic oxidation sites excluding steroid dienone is 1. The maximum absolute atomic E-state index is 10.6. The maximum atomic E-state index is 10.6. The fraction of sp³-hybridized carbons (Fsp3) is 0.294. The van der Waals surface area contributed by atoms with Crippen LogP contribution < -0.4 is 5.73 Å². The van der Waals surface area contributed by atoms with Crippen LogP contribution in [0.25, 0.3) is 0 Å². The number of benzene rings is 1. The Morgan fingerprint density at radius 3 is 2.57 bits per heavy atom. The largest absolute Gasteiger partial charge is 0.494 e. The number of nitrogens with two attached hydrogens (primary N) is 1. The first-order chi connectivity index (χ1) is 10.1. The molecule has 1 aromatic carbocycles. The molecule has 2 atom stereocenters. The van der Waals surface area contributed by atoms with E-state index in [1.165, 1.54) is 0 Å². The lowest BCUT2D eigenvalue weighted by Gasteiger charge is -2.38. The van der Waals surface area contributed by atoms with Crippen LogP contribution >= 0.6 is 0 Å². The molecule has 2 unspecified atom stereocenters. The average Bonchev–Trinajstić information content (AvgIpc) is 2.76. The van der Waals surface area contributed by atoms with Gasteiger partial charge in [0.25, 0.3) is 0 Å². The van der Waals surface area contributed by atoms with Crippen molar-refractivity contribution in [3.63, 3.8) is 0 Å². The third-order valence-corrected chi connectivity index (χ3v) is 4.76. The van der Waals surface area contributed by atoms with E-state index in [2.05, 4.69) is 6.08 Å². The highest BCUT2D eigenvalue weighted by molar-refractivity contribution is 5.58. The predicted octanol–water partition coefficient (Wildman–Crippen LogP) is 2.55. The van der Waals surface area contributed by atoms with Gasteiger partial charge in [0.05, 0.1) is 12.1 Å². The molecule has 3 aliphatic carbocycles. The lowest BCUT2D eigenvalue weighted by atomic mass is 9.68. The van der Waals surface area contributed by atoms with Crippen LogP contribution in [0, 0.1) is 0 Å². The zero-order valence-electron chi connectivity index (χ0n) is 11.7. The van der Waals surface area contributed by atoms with Gasteiger partial charge in [-0.05, 0) is 18.4 Å². The number of aromatic nitrogens is 1. The van der Waals surface area contributed by atoms with Gasteiger partial charge in [-0.25, -0.2) is 0 Å². The zero-order valence-corrected chi connectivity index (χ0v) is 11.7. The molecule has 0 radical (unpaired) electrons. The SMILES string of the molecule is NC12C=CC(CC1)c1c2c(O)n(Cc2ccccc2)c1O. The van der Waals surface area contributed by atoms with Gasteiger partial charge in [-0.15, -0.1) is 0 Å². The van der Waals surface area contributed by atoms with E-state index < -0.39 is 5.54 Å². The molecule has 0 aliphatic heterocycles. The molecule has 0 amide bonds. The summed E-state index contributed by atoms with van der Waals surface area (Å²) >= 11 is 0. The summed E-state index contributed by atoms with van der Waals surface area (Å²) in [6, 6.07) is 9.79. The van der Waals surface area contributed by atoms with Crippen molar-refractivity contribution >= 4 is 0 Å². The molecule has 4 N–H and O–H groups in total. The van der Waals surface area contributed by atoms with Crippen LogP contribution in [0.2, 0.25) is 0 Å². The fourth-order valence-corrected chi connectivity index (χ4v) is 3.65. The van der Waals surface area contributed by atoms with E-state index >= 15 is 0 Å². The highest BCUT2D eigenvalue weighted by atomic mass is 16.3. The highest BCUT2D eigenvalue weighted by Gasteiger charge is 2.44. The summed E-state index contributed by atoms with van der Waals surface area (Å²) in [6.45, 7) is 0.439. The first-order valence-electron chi connectivity index (χ1n) is 7.27. The van der Waals surface area contributed by atoms with E-state index in [0.29, 0.717) is 12.1 Å². The van der Waals surface area contributed by atoms with Crippen LogP contribution in [-0.4, -0.2) is 14.8 Å². The van der Waals surface area contributed by atoms with Gasteiger partial charge >= 0.3 is 0 Å². The summed E-state index contributed by atoms with van der Waals surface area (Å²) in [5, 5.41) is 21.2. The number of aromatic hydroxyl groups is 2. The Kier molecular flexibility index (Phi) is 2.48. The van der Waals surface area contributed by atoms with Crippen molar-refractivity contribution in [1.82, 2.24) is 4.57 Å². The summed E-state index contributed by atoms with van der Waals surface area (Å²) in [7, 11) is 0. The number of fused-ring (bicyclic) bond motifs is 1. The van der Waals surface area contributed by atoms with Gasteiger partial charge in [-0.1, -0.05) is 42.5 Å². The molecule has 2 aromatic rings. The number of nitrogens with zero attached hydrogens (tertiary/aromatic N) is 1. The summed E-state index contributed by atoms with van der Waals surface area (Å²) in [4.78, 5) is 0. The topological polar surface area (TPSA) is 71.4 Å². The van der Waals surface area contributed by atoms with Crippen molar-refractivity contribution < 1.29 is 10.2 Å². The Morgan fingerprint density at radius 1 is 1.19 bits per heavy atom. The van der Waals surface area contributed by atoms with Crippen LogP contribution in [0.1, 0.15) is 35.4 Å². The Hall–Kier alpha value is -2.20. The predicted molar refractivity (Wildman–Crippen MR) is 80.3 cm³/mol. The van der Waals surface area contributed by atoms with Crippen molar-refractivity contribution in [2.24, 2.45) is 5.73 Å². The van der Waals surface area contributed by atoms with Gasteiger partial charge in [-0.2, -0.15) is 0 Å². The standard InChI is InChI=1S/C17H18N2O2/c18-17-8-6-12(7-9-17)13-14(17)16(21)19(15(13)20)10-11-4-2-1-3-5-11/h1-6,8,12,20-21H,7,9-10,18H2. The lowest BCUT2D eigenvalue weighted by molar-refractivity contribution is 0.366. The van der Waals surface area contributed by atoms with Crippen molar-refractivity contribution in [3.05, 3.63) is 59.2 Å². The Labute approximate surface area is 123 Å².